The molecular formula is C53H32FN5OPt-2. The zero-order chi connectivity index (χ0) is 40.9. The molecule has 0 aliphatic rings. The number of pyridine rings is 2. The van der Waals surface area contributed by atoms with Gasteiger partial charge in [-0.2, -0.15) is 0 Å². The number of aromatic nitrogens is 5. The molecule has 61 heavy (non-hydrogen) atoms. The average Bonchev–Trinajstić information content (AvgIpc) is 3.79. The van der Waals surface area contributed by atoms with Crippen molar-refractivity contribution in [2.24, 2.45) is 0 Å². The van der Waals surface area contributed by atoms with Gasteiger partial charge in [-0.1, -0.05) is 0 Å². The Balaban J connectivity index is 1.02. The van der Waals surface area contributed by atoms with Crippen molar-refractivity contribution >= 4 is 32.8 Å². The van der Waals surface area contributed by atoms with Crippen molar-refractivity contribution in [3.05, 3.63) is 216 Å². The molecule has 11 rings (SSSR count). The zero-order valence-corrected chi connectivity index (χ0v) is 34.6. The first kappa shape index (κ1) is 36.6. The van der Waals surface area contributed by atoms with E-state index in [0.29, 0.717) is 17.3 Å². The molecule has 4 heterocycles. The molecule has 0 saturated heterocycles. The van der Waals surface area contributed by atoms with Crippen molar-refractivity contribution < 1.29 is 28.5 Å². The SMILES string of the molecule is Fc1ccc2c(c1)c1ccc(Oc3[c-]c(-n4[c](=[Pt])n(-c5c(-c6ccccc6)cccc5-c5ccccc5)c5ccccc54)ccc3)[c-]c1n2-c1ccc(-c2ccncc2)cn1. The van der Waals surface area contributed by atoms with Gasteiger partial charge in [0.1, 0.15) is 5.82 Å². The molecule has 0 fully saturated rings. The summed E-state index contributed by atoms with van der Waals surface area (Å²) in [5.41, 5.74) is 12.0. The molecule has 294 valence electrons. The predicted octanol–water partition coefficient (Wildman–Crippen LogP) is 12.9. The van der Waals surface area contributed by atoms with Crippen LogP contribution in [0, 0.1) is 21.8 Å². The molecule has 6 nitrogen and oxygen atoms in total. The van der Waals surface area contributed by atoms with Crippen LogP contribution in [0.15, 0.2) is 195 Å². The van der Waals surface area contributed by atoms with E-state index in [-0.39, 0.29) is 5.82 Å². The maximum atomic E-state index is 14.7. The number of nitrogens with zero attached hydrogens (tertiary/aromatic N) is 5. The van der Waals surface area contributed by atoms with Gasteiger partial charge in [-0.05, 0) is 29.8 Å². The van der Waals surface area contributed by atoms with E-state index in [1.165, 1.54) is 6.07 Å². The summed E-state index contributed by atoms with van der Waals surface area (Å²) >= 11 is 2.44. The molecule has 0 spiro atoms. The van der Waals surface area contributed by atoms with E-state index in [4.69, 9.17) is 9.72 Å². The number of para-hydroxylation sites is 3. The Morgan fingerprint density at radius 1 is 0.508 bits per heavy atom. The normalized spacial score (nSPS) is 11.5. The minimum atomic E-state index is -0.312. The fraction of sp³-hybridized carbons (Fsp3) is 0. The minimum Gasteiger partial charge on any atom is -0.265 e. The molecule has 0 bridgehead atoms. The molecule has 0 saturated carbocycles. The summed E-state index contributed by atoms with van der Waals surface area (Å²) in [6, 6.07) is 65.6. The third-order valence-electron chi connectivity index (χ3n) is 10.9. The van der Waals surface area contributed by atoms with E-state index in [2.05, 4.69) is 149 Å². The second-order valence-corrected chi connectivity index (χ2v) is 15.6. The quantitative estimate of drug-likeness (QED) is 0.143. The Kier molecular flexibility index (Phi) is 9.17. The van der Waals surface area contributed by atoms with Crippen LogP contribution in [0.25, 0.3) is 83.4 Å². The van der Waals surface area contributed by atoms with Crippen LogP contribution in [0.5, 0.6) is 11.5 Å². The number of fused-ring (bicyclic) bond motifs is 4. The summed E-state index contributed by atoms with van der Waals surface area (Å²) in [4.78, 5) is 9.00. The minimum absolute atomic E-state index is 0.312. The summed E-state index contributed by atoms with van der Waals surface area (Å²) in [6.07, 6.45) is 5.37. The third kappa shape index (κ3) is 6.51. The number of hydrogen-bond acceptors (Lipinski definition) is 3. The standard InChI is InChI=1S/C53H32FN5O.Pt/c54-40-22-25-48-47(31-40)46-24-23-43(33-51(46)59(48)52-26-21-39(34-56-52)36-27-29-55-30-28-36)60-42-16-9-15-41(32-42)57-35-58(50-20-8-7-19-49(50)57)53-44(37-11-3-1-4-12-37)17-10-18-45(53)38-13-5-2-6-14-38;/h1-31,34H;/q-2;. The number of halogens is 1. The first-order valence-corrected chi connectivity index (χ1v) is 20.9. The second-order valence-electron chi connectivity index (χ2n) is 14.6. The molecule has 0 atom stereocenters. The fourth-order valence-electron chi connectivity index (χ4n) is 8.21. The van der Waals surface area contributed by atoms with Gasteiger partial charge in [-0.15, -0.1) is 0 Å². The molecule has 0 N–H and O–H groups in total. The molecule has 4 aromatic heterocycles. The number of ether oxygens (including phenoxy) is 1. The van der Waals surface area contributed by atoms with Crippen molar-refractivity contribution in [1.82, 2.24) is 23.7 Å². The number of hydrogen-bond donors (Lipinski definition) is 0. The smallest absolute Gasteiger partial charge is 0.265 e. The van der Waals surface area contributed by atoms with E-state index in [0.717, 1.165) is 81.4 Å². The summed E-state index contributed by atoms with van der Waals surface area (Å²) in [5, 5.41) is 1.60. The van der Waals surface area contributed by atoms with Crippen LogP contribution >= 0.6 is 0 Å². The average molecular weight is 969 g/mol. The van der Waals surface area contributed by atoms with Gasteiger partial charge in [0, 0.05) is 24.2 Å². The van der Waals surface area contributed by atoms with Crippen molar-refractivity contribution in [2.75, 3.05) is 0 Å². The van der Waals surface area contributed by atoms with Crippen LogP contribution < -0.4 is 4.74 Å². The summed E-state index contributed by atoms with van der Waals surface area (Å²) < 4.78 is 28.8. The first-order valence-electron chi connectivity index (χ1n) is 19.7. The molecule has 0 aliphatic carbocycles. The van der Waals surface area contributed by atoms with Crippen LogP contribution in [-0.4, -0.2) is 23.7 Å². The van der Waals surface area contributed by atoms with Gasteiger partial charge in [0.15, 0.2) is 0 Å². The van der Waals surface area contributed by atoms with Crippen molar-refractivity contribution in [2.45, 2.75) is 0 Å². The van der Waals surface area contributed by atoms with E-state index >= 15 is 0 Å². The van der Waals surface area contributed by atoms with E-state index < -0.39 is 0 Å². The van der Waals surface area contributed by atoms with Crippen molar-refractivity contribution in [3.8, 4) is 62.1 Å². The van der Waals surface area contributed by atoms with Gasteiger partial charge >= 0.3 is 294 Å². The van der Waals surface area contributed by atoms with Crippen LogP contribution in [0.4, 0.5) is 4.39 Å². The maximum absolute atomic E-state index is 14.7. The van der Waals surface area contributed by atoms with Gasteiger partial charge in [-0.3, -0.25) is 4.98 Å². The molecule has 11 aromatic rings. The van der Waals surface area contributed by atoms with Gasteiger partial charge in [0.25, 0.3) is 0 Å². The second kappa shape index (κ2) is 15.3. The molecule has 0 amide bonds. The Hall–Kier alpha value is -7.47. The van der Waals surface area contributed by atoms with E-state index in [1.54, 1.807) is 24.5 Å². The van der Waals surface area contributed by atoms with Crippen LogP contribution in [0.2, 0.25) is 0 Å². The summed E-state index contributed by atoms with van der Waals surface area (Å²) in [5.74, 6) is 1.38. The molecule has 8 heteroatoms. The molecule has 7 aromatic carbocycles. The number of imidazole rings is 1. The third-order valence-corrected chi connectivity index (χ3v) is 12.0. The summed E-state index contributed by atoms with van der Waals surface area (Å²) in [7, 11) is 0. The van der Waals surface area contributed by atoms with Crippen molar-refractivity contribution in [1.29, 1.82) is 0 Å². The van der Waals surface area contributed by atoms with Crippen LogP contribution in [-0.2, 0) is 19.4 Å². The Morgan fingerprint density at radius 3 is 1.89 bits per heavy atom. The number of benzene rings is 7. The van der Waals surface area contributed by atoms with E-state index in [9.17, 15) is 4.39 Å². The van der Waals surface area contributed by atoms with Gasteiger partial charge in [-0.25, -0.2) is 4.39 Å². The van der Waals surface area contributed by atoms with Crippen LogP contribution in [0.3, 0.4) is 0 Å². The monoisotopic (exact) mass is 968 g/mol. The van der Waals surface area contributed by atoms with Gasteiger partial charge < -0.3 is 0 Å². The fourth-order valence-corrected chi connectivity index (χ4v) is 9.29. The Bertz CT molecular complexity index is 3410. The molecule has 0 aliphatic heterocycles. The van der Waals surface area contributed by atoms with Gasteiger partial charge in [0.2, 0.25) is 0 Å². The predicted molar refractivity (Wildman–Crippen MR) is 236 cm³/mol. The Morgan fingerprint density at radius 2 is 1.18 bits per heavy atom. The summed E-state index contributed by atoms with van der Waals surface area (Å²) in [6.45, 7) is 0. The zero-order valence-electron chi connectivity index (χ0n) is 32.3. The van der Waals surface area contributed by atoms with Crippen LogP contribution in [0.1, 0.15) is 0 Å². The van der Waals surface area contributed by atoms with Crippen molar-refractivity contribution in [3.63, 3.8) is 0 Å². The molecular weight excluding hydrogens is 937 g/mol. The first-order chi connectivity index (χ1) is 30.1. The number of rotatable bonds is 8. The Labute approximate surface area is 361 Å². The molecule has 0 radical (unpaired) electrons. The topological polar surface area (TPSA) is 49.8 Å². The molecule has 0 unspecified atom stereocenters. The van der Waals surface area contributed by atoms with Gasteiger partial charge in [0.05, 0.1) is 0 Å². The van der Waals surface area contributed by atoms with E-state index in [1.807, 2.05) is 65.4 Å².